The summed E-state index contributed by atoms with van der Waals surface area (Å²) in [5, 5.41) is 5.33. The van der Waals surface area contributed by atoms with E-state index in [1.54, 1.807) is 5.38 Å². The highest BCUT2D eigenvalue weighted by Gasteiger charge is 2.08. The van der Waals surface area contributed by atoms with Gasteiger partial charge in [-0.2, -0.15) is 0 Å². The molecule has 7 heteroatoms. The molecule has 1 heterocycles. The number of hydrogen-bond acceptors (Lipinski definition) is 5. The normalized spacial score (nSPS) is 10.1. The second-order valence-corrected chi connectivity index (χ2v) is 5.73. The molecule has 126 valence electrons. The third-order valence-electron chi connectivity index (χ3n) is 3.09. The van der Waals surface area contributed by atoms with Crippen molar-refractivity contribution in [3.63, 3.8) is 0 Å². The molecule has 0 unspecified atom stereocenters. The van der Waals surface area contributed by atoms with Crippen LogP contribution in [-0.4, -0.2) is 30.6 Å². The topological polar surface area (TPSA) is 77.2 Å². The number of hydrogen-bond donors (Lipinski definition) is 2. The highest BCUT2D eigenvalue weighted by molar-refractivity contribution is 7.09. The van der Waals surface area contributed by atoms with Crippen molar-refractivity contribution in [2.24, 2.45) is 5.73 Å². The zero-order chi connectivity index (χ0) is 15.6. The van der Waals surface area contributed by atoms with E-state index in [0.717, 1.165) is 17.8 Å². The largest absolute Gasteiger partial charge is 0.381 e. The molecule has 23 heavy (non-hydrogen) atoms. The van der Waals surface area contributed by atoms with Crippen LogP contribution in [0.1, 0.15) is 27.5 Å². The van der Waals surface area contributed by atoms with Gasteiger partial charge in [0.15, 0.2) is 0 Å². The lowest BCUT2D eigenvalue weighted by molar-refractivity contribution is 0.0937. The maximum Gasteiger partial charge on any atom is 0.270 e. The van der Waals surface area contributed by atoms with E-state index in [9.17, 15) is 4.79 Å². The summed E-state index contributed by atoms with van der Waals surface area (Å²) in [4.78, 5) is 15.9. The summed E-state index contributed by atoms with van der Waals surface area (Å²) in [5.74, 6) is -0.153. The van der Waals surface area contributed by atoms with Crippen molar-refractivity contribution in [2.75, 3.05) is 19.8 Å². The number of carbonyl (C=O) groups excluding carboxylic acids is 1. The van der Waals surface area contributed by atoms with Gasteiger partial charge < -0.3 is 15.8 Å². The Bertz CT molecular complexity index is 578. The molecule has 0 saturated carbocycles. The van der Waals surface area contributed by atoms with E-state index >= 15 is 0 Å². The number of rotatable bonds is 9. The molecule has 0 radical (unpaired) electrons. The fourth-order valence-electron chi connectivity index (χ4n) is 1.91. The number of nitrogens with two attached hydrogens (primary N) is 1. The Hall–Kier alpha value is -1.47. The maximum absolute atomic E-state index is 11.8. The average molecular weight is 356 g/mol. The monoisotopic (exact) mass is 355 g/mol. The third kappa shape index (κ3) is 7.09. The molecule has 1 aromatic heterocycles. The van der Waals surface area contributed by atoms with E-state index < -0.39 is 0 Å². The second-order valence-electron chi connectivity index (χ2n) is 4.79. The SMILES string of the molecule is Cl.NCc1nc(C(=O)NCCCOCCc2ccccc2)cs1. The van der Waals surface area contributed by atoms with Crippen molar-refractivity contribution in [1.29, 1.82) is 0 Å². The van der Waals surface area contributed by atoms with E-state index in [1.165, 1.54) is 16.9 Å². The van der Waals surface area contributed by atoms with Gasteiger partial charge >= 0.3 is 0 Å². The van der Waals surface area contributed by atoms with Crippen LogP contribution in [0.4, 0.5) is 0 Å². The minimum Gasteiger partial charge on any atom is -0.381 e. The fraction of sp³-hybridized carbons (Fsp3) is 0.375. The van der Waals surface area contributed by atoms with Gasteiger partial charge in [0.1, 0.15) is 10.7 Å². The van der Waals surface area contributed by atoms with Gasteiger partial charge in [0.2, 0.25) is 0 Å². The van der Waals surface area contributed by atoms with Crippen LogP contribution >= 0.6 is 23.7 Å². The lowest BCUT2D eigenvalue weighted by Crippen LogP contribution is -2.25. The summed E-state index contributed by atoms with van der Waals surface area (Å²) in [5.41, 5.74) is 7.19. The number of amides is 1. The van der Waals surface area contributed by atoms with Gasteiger partial charge in [0.05, 0.1) is 6.61 Å². The number of benzene rings is 1. The van der Waals surface area contributed by atoms with Crippen molar-refractivity contribution in [1.82, 2.24) is 10.3 Å². The standard InChI is InChI=1S/C16H21N3O2S.ClH/c17-11-15-19-14(12-22-15)16(20)18-8-4-9-21-10-7-13-5-2-1-3-6-13;/h1-3,5-6,12H,4,7-11,17H2,(H,18,20);1H. The maximum atomic E-state index is 11.8. The van der Waals surface area contributed by atoms with Crippen LogP contribution in [0.15, 0.2) is 35.7 Å². The first-order valence-corrected chi connectivity index (χ1v) is 8.22. The molecule has 0 aliphatic carbocycles. The fourth-order valence-corrected chi connectivity index (χ4v) is 2.57. The van der Waals surface area contributed by atoms with Crippen molar-refractivity contribution < 1.29 is 9.53 Å². The molecule has 0 spiro atoms. The number of carbonyl (C=O) groups is 1. The van der Waals surface area contributed by atoms with E-state index in [2.05, 4.69) is 22.4 Å². The summed E-state index contributed by atoms with van der Waals surface area (Å²) in [6, 6.07) is 10.2. The number of thiazole rings is 1. The summed E-state index contributed by atoms with van der Waals surface area (Å²) >= 11 is 1.40. The van der Waals surface area contributed by atoms with Crippen molar-refractivity contribution in [3.8, 4) is 0 Å². The van der Waals surface area contributed by atoms with Gasteiger partial charge in [-0.15, -0.1) is 23.7 Å². The quantitative estimate of drug-likeness (QED) is 0.677. The lowest BCUT2D eigenvalue weighted by Gasteiger charge is -2.05. The number of ether oxygens (including phenoxy) is 1. The molecule has 0 bridgehead atoms. The molecular weight excluding hydrogens is 334 g/mol. The number of nitrogens with one attached hydrogen (secondary N) is 1. The van der Waals surface area contributed by atoms with Crippen LogP contribution in [0.5, 0.6) is 0 Å². The smallest absolute Gasteiger partial charge is 0.270 e. The van der Waals surface area contributed by atoms with Gasteiger partial charge in [-0.1, -0.05) is 30.3 Å². The van der Waals surface area contributed by atoms with Crippen LogP contribution in [0.2, 0.25) is 0 Å². The van der Waals surface area contributed by atoms with E-state index in [1.807, 2.05) is 18.2 Å². The first kappa shape index (κ1) is 19.6. The van der Waals surface area contributed by atoms with Crippen LogP contribution in [-0.2, 0) is 17.7 Å². The van der Waals surface area contributed by atoms with Crippen LogP contribution in [0, 0.1) is 0 Å². The molecule has 0 aliphatic heterocycles. The van der Waals surface area contributed by atoms with Crippen LogP contribution in [0.25, 0.3) is 0 Å². The highest BCUT2D eigenvalue weighted by Crippen LogP contribution is 2.08. The zero-order valence-electron chi connectivity index (χ0n) is 12.9. The molecule has 0 atom stereocenters. The van der Waals surface area contributed by atoms with Gasteiger partial charge in [-0.25, -0.2) is 4.98 Å². The molecule has 5 nitrogen and oxygen atoms in total. The predicted molar refractivity (Wildman–Crippen MR) is 95.2 cm³/mol. The second kappa shape index (κ2) is 11.1. The van der Waals surface area contributed by atoms with Gasteiger partial charge in [0, 0.05) is 25.1 Å². The Morgan fingerprint density at radius 2 is 2.04 bits per heavy atom. The number of halogens is 1. The van der Waals surface area contributed by atoms with Gasteiger partial charge in [0.25, 0.3) is 5.91 Å². The molecule has 0 aliphatic rings. The number of nitrogens with zero attached hydrogens (tertiary/aromatic N) is 1. The van der Waals surface area contributed by atoms with Gasteiger partial charge in [-0.3, -0.25) is 4.79 Å². The molecule has 1 amide bonds. The Labute approximate surface area is 146 Å². The first-order chi connectivity index (χ1) is 10.8. The Morgan fingerprint density at radius 3 is 2.74 bits per heavy atom. The molecular formula is C16H22ClN3O2S. The molecule has 0 fully saturated rings. The average Bonchev–Trinajstić information content (AvgIpc) is 3.04. The Morgan fingerprint density at radius 1 is 1.26 bits per heavy atom. The van der Waals surface area contributed by atoms with E-state index in [0.29, 0.717) is 32.0 Å². The van der Waals surface area contributed by atoms with Crippen molar-refractivity contribution >= 4 is 29.7 Å². The van der Waals surface area contributed by atoms with E-state index in [-0.39, 0.29) is 18.3 Å². The minimum absolute atomic E-state index is 0. The van der Waals surface area contributed by atoms with Crippen molar-refractivity contribution in [3.05, 3.63) is 52.0 Å². The molecule has 3 N–H and O–H groups in total. The number of aromatic nitrogens is 1. The predicted octanol–water partition coefficient (Wildman–Crippen LogP) is 2.40. The minimum atomic E-state index is -0.153. The van der Waals surface area contributed by atoms with Crippen LogP contribution < -0.4 is 11.1 Å². The van der Waals surface area contributed by atoms with E-state index in [4.69, 9.17) is 10.5 Å². The first-order valence-electron chi connectivity index (χ1n) is 7.34. The van der Waals surface area contributed by atoms with Gasteiger partial charge in [-0.05, 0) is 18.4 Å². The summed E-state index contributed by atoms with van der Waals surface area (Å²) < 4.78 is 5.57. The van der Waals surface area contributed by atoms with Crippen LogP contribution in [0.3, 0.4) is 0 Å². The zero-order valence-corrected chi connectivity index (χ0v) is 14.5. The van der Waals surface area contributed by atoms with Crippen molar-refractivity contribution in [2.45, 2.75) is 19.4 Å². The lowest BCUT2D eigenvalue weighted by atomic mass is 10.2. The molecule has 0 saturated heterocycles. The summed E-state index contributed by atoms with van der Waals surface area (Å²) in [6.07, 6.45) is 1.70. The Kier molecular flexibility index (Phi) is 9.47. The third-order valence-corrected chi connectivity index (χ3v) is 3.96. The molecule has 2 aromatic rings. The molecule has 1 aromatic carbocycles. The summed E-state index contributed by atoms with van der Waals surface area (Å²) in [6.45, 7) is 2.29. The highest BCUT2D eigenvalue weighted by atomic mass is 35.5. The molecule has 2 rings (SSSR count). The summed E-state index contributed by atoms with van der Waals surface area (Å²) in [7, 11) is 0. The Balaban J connectivity index is 0.00000264.